The van der Waals surface area contributed by atoms with Crippen molar-refractivity contribution in [1.82, 2.24) is 5.32 Å². The van der Waals surface area contributed by atoms with Gasteiger partial charge in [0.1, 0.15) is 12.7 Å². The van der Waals surface area contributed by atoms with Crippen LogP contribution in [0.1, 0.15) is 232 Å². The number of aliphatic hydroxyl groups excluding tert-OH is 1. The molecule has 11 nitrogen and oxygen atoms in total. The number of nitrogens with one attached hydrogen (secondary N) is 1. The molecule has 0 aliphatic heterocycles. The van der Waals surface area contributed by atoms with Crippen LogP contribution in [0, 0.1) is 0 Å². The predicted octanol–water partition coefficient (Wildman–Crippen LogP) is 11.9. The highest BCUT2D eigenvalue weighted by Crippen LogP contribution is 2.43. The van der Waals surface area contributed by atoms with Crippen molar-refractivity contribution in [3.63, 3.8) is 0 Å². The van der Waals surface area contributed by atoms with E-state index in [-0.39, 0.29) is 12.8 Å². The number of ether oxygens (including phenoxy) is 1. The third-order valence-electron chi connectivity index (χ3n) is 10.4. The highest BCUT2D eigenvalue weighted by Gasteiger charge is 2.28. The molecule has 12 heteroatoms. The molecule has 0 bridgehead atoms. The summed E-state index contributed by atoms with van der Waals surface area (Å²) < 4.78 is 26.9. The number of esters is 1. The summed E-state index contributed by atoms with van der Waals surface area (Å²) in [5.74, 6) is -2.35. The zero-order valence-corrected chi connectivity index (χ0v) is 36.9. The van der Waals surface area contributed by atoms with Crippen molar-refractivity contribution >= 4 is 25.7 Å². The highest BCUT2D eigenvalue weighted by atomic mass is 31.2. The second-order valence-electron chi connectivity index (χ2n) is 16.0. The second kappa shape index (κ2) is 40.3. The van der Waals surface area contributed by atoms with Gasteiger partial charge in [-0.1, -0.05) is 206 Å². The topological polar surface area (TPSA) is 169 Å². The maximum Gasteiger partial charge on any atom is 0.472 e. The molecule has 0 aromatic carbocycles. The van der Waals surface area contributed by atoms with Gasteiger partial charge in [-0.15, -0.1) is 0 Å². The van der Waals surface area contributed by atoms with Crippen LogP contribution in [0.4, 0.5) is 0 Å². The van der Waals surface area contributed by atoms with Crippen molar-refractivity contribution in [3.05, 3.63) is 0 Å². The first-order valence-electron chi connectivity index (χ1n) is 23.1. The van der Waals surface area contributed by atoms with E-state index >= 15 is 0 Å². The van der Waals surface area contributed by atoms with Gasteiger partial charge in [-0.3, -0.25) is 18.6 Å². The molecule has 0 saturated heterocycles. The lowest BCUT2D eigenvalue weighted by Crippen LogP contribution is -2.43. The number of hydrogen-bond acceptors (Lipinski definition) is 8. The first-order chi connectivity index (χ1) is 27.1. The number of unbranched alkanes of at least 4 members (excludes halogenated alkanes) is 30. The summed E-state index contributed by atoms with van der Waals surface area (Å²) in [4.78, 5) is 45.9. The zero-order chi connectivity index (χ0) is 41.4. The molecule has 332 valence electrons. The minimum atomic E-state index is -4.75. The smallest absolute Gasteiger partial charge is 0.472 e. The van der Waals surface area contributed by atoms with E-state index in [1.54, 1.807) is 0 Å². The predicted molar refractivity (Wildman–Crippen MR) is 227 cm³/mol. The number of carbonyl (C=O) groups excluding carboxylic acids is 2. The van der Waals surface area contributed by atoms with Crippen LogP contribution in [0.5, 0.6) is 0 Å². The Morgan fingerprint density at radius 1 is 0.500 bits per heavy atom. The van der Waals surface area contributed by atoms with Gasteiger partial charge in [-0.2, -0.15) is 0 Å². The number of phosphoric acid groups is 1. The molecule has 0 saturated carbocycles. The largest absolute Gasteiger partial charge is 0.480 e. The lowest BCUT2D eigenvalue weighted by molar-refractivity contribution is -0.147. The van der Waals surface area contributed by atoms with Crippen LogP contribution in [-0.4, -0.2) is 64.9 Å². The molecule has 0 rings (SSSR count). The lowest BCUT2D eigenvalue weighted by Gasteiger charge is -2.18. The molecule has 56 heavy (non-hydrogen) atoms. The van der Waals surface area contributed by atoms with E-state index in [1.807, 2.05) is 0 Å². The van der Waals surface area contributed by atoms with Gasteiger partial charge in [0.15, 0.2) is 6.04 Å². The molecule has 4 N–H and O–H groups in total. The standard InChI is InChI=1S/C44H86NO10P/c1-3-5-7-9-11-13-15-17-19-21-23-25-27-29-31-33-35-42(47)45-41(44(49)50)39-55-56(51,52)54-38-40(46)37-53-43(48)36-34-32-30-28-26-24-22-20-18-16-14-12-10-8-6-4-2/h40-41,46H,3-39H2,1-2H3,(H,45,47)(H,49,50)(H,51,52). The molecular formula is C44H86NO10P. The SMILES string of the molecule is CCCCCCCCCCCCCCCCCCC(=O)NC(COP(=O)(O)OCC(O)COC(=O)CCCCCCCCCCCCCCCCCC)C(=O)O. The van der Waals surface area contributed by atoms with Crippen LogP contribution in [0.2, 0.25) is 0 Å². The third-order valence-corrected chi connectivity index (χ3v) is 11.3. The fourth-order valence-electron chi connectivity index (χ4n) is 6.79. The highest BCUT2D eigenvalue weighted by molar-refractivity contribution is 7.47. The number of carboxylic acids is 1. The summed E-state index contributed by atoms with van der Waals surface area (Å²) in [6.45, 7) is 2.63. The van der Waals surface area contributed by atoms with E-state index in [4.69, 9.17) is 13.8 Å². The average Bonchev–Trinajstić information content (AvgIpc) is 3.17. The summed E-state index contributed by atoms with van der Waals surface area (Å²) in [7, 11) is -4.75. The number of carboxylic acid groups (broad SMARTS) is 1. The molecular weight excluding hydrogens is 733 g/mol. The molecule has 0 radical (unpaired) electrons. The molecule has 1 amide bonds. The first kappa shape index (κ1) is 54.5. The van der Waals surface area contributed by atoms with Crippen LogP contribution < -0.4 is 5.32 Å². The molecule has 0 aromatic rings. The Morgan fingerprint density at radius 3 is 1.18 bits per heavy atom. The number of aliphatic carboxylic acids is 1. The Labute approximate surface area is 342 Å². The van der Waals surface area contributed by atoms with E-state index in [0.29, 0.717) is 12.8 Å². The van der Waals surface area contributed by atoms with E-state index in [9.17, 15) is 34.1 Å². The second-order valence-corrected chi connectivity index (χ2v) is 17.4. The van der Waals surface area contributed by atoms with Crippen LogP contribution in [-0.2, 0) is 32.7 Å². The van der Waals surface area contributed by atoms with Gasteiger partial charge in [0, 0.05) is 12.8 Å². The Morgan fingerprint density at radius 2 is 0.821 bits per heavy atom. The Hall–Kier alpha value is -1.52. The van der Waals surface area contributed by atoms with Crippen LogP contribution in [0.3, 0.4) is 0 Å². The van der Waals surface area contributed by atoms with Crippen molar-refractivity contribution < 1.29 is 47.8 Å². The summed E-state index contributed by atoms with van der Waals surface area (Å²) in [5, 5.41) is 21.8. The number of rotatable bonds is 44. The molecule has 3 unspecified atom stereocenters. The molecule has 0 aliphatic carbocycles. The van der Waals surface area contributed by atoms with Gasteiger partial charge < -0.3 is 25.2 Å². The van der Waals surface area contributed by atoms with Gasteiger partial charge in [0.05, 0.1) is 13.2 Å². The summed E-state index contributed by atoms with van der Waals surface area (Å²) in [5.41, 5.74) is 0. The van der Waals surface area contributed by atoms with E-state index in [0.717, 1.165) is 38.5 Å². The van der Waals surface area contributed by atoms with Gasteiger partial charge in [0.25, 0.3) is 0 Å². The molecule has 0 spiro atoms. The summed E-state index contributed by atoms with van der Waals surface area (Å²) in [6, 6.07) is -1.54. The van der Waals surface area contributed by atoms with Crippen LogP contribution in [0.15, 0.2) is 0 Å². The van der Waals surface area contributed by atoms with Crippen molar-refractivity contribution in [2.24, 2.45) is 0 Å². The summed E-state index contributed by atoms with van der Waals surface area (Å²) >= 11 is 0. The molecule has 0 aromatic heterocycles. The van der Waals surface area contributed by atoms with Gasteiger partial charge in [-0.25, -0.2) is 9.36 Å². The summed E-state index contributed by atoms with van der Waals surface area (Å²) in [6.07, 6.45) is 38.3. The molecule has 0 fully saturated rings. The van der Waals surface area contributed by atoms with Gasteiger partial charge in [0.2, 0.25) is 5.91 Å². The van der Waals surface area contributed by atoms with Crippen molar-refractivity contribution in [1.29, 1.82) is 0 Å². The number of aliphatic hydroxyl groups is 1. The zero-order valence-electron chi connectivity index (χ0n) is 36.0. The van der Waals surface area contributed by atoms with Crippen molar-refractivity contribution in [2.75, 3.05) is 19.8 Å². The Balaban J connectivity index is 3.84. The number of carbonyl (C=O) groups is 3. The number of amides is 1. The maximum absolute atomic E-state index is 12.3. The minimum absolute atomic E-state index is 0.153. The van der Waals surface area contributed by atoms with Crippen molar-refractivity contribution in [2.45, 2.75) is 244 Å². The molecule has 0 aliphatic rings. The quantitative estimate of drug-likeness (QED) is 0.0264. The monoisotopic (exact) mass is 820 g/mol. The van der Waals surface area contributed by atoms with E-state index in [2.05, 4.69) is 19.2 Å². The average molecular weight is 820 g/mol. The number of phosphoric ester groups is 1. The maximum atomic E-state index is 12.3. The fourth-order valence-corrected chi connectivity index (χ4v) is 7.56. The van der Waals surface area contributed by atoms with E-state index in [1.165, 1.54) is 154 Å². The lowest BCUT2D eigenvalue weighted by atomic mass is 10.0. The van der Waals surface area contributed by atoms with E-state index < -0.39 is 57.6 Å². The first-order valence-corrected chi connectivity index (χ1v) is 24.6. The molecule has 0 heterocycles. The van der Waals surface area contributed by atoms with Gasteiger partial charge in [-0.05, 0) is 12.8 Å². The number of hydrogen-bond donors (Lipinski definition) is 4. The Bertz CT molecular complexity index is 968. The molecule has 3 atom stereocenters. The van der Waals surface area contributed by atoms with Gasteiger partial charge >= 0.3 is 19.8 Å². The van der Waals surface area contributed by atoms with Crippen molar-refractivity contribution in [3.8, 4) is 0 Å². The minimum Gasteiger partial charge on any atom is -0.480 e. The Kier molecular flexibility index (Phi) is 39.2. The fraction of sp³-hybridized carbons (Fsp3) is 0.932. The normalized spacial score (nSPS) is 13.6. The third kappa shape index (κ3) is 39.3. The van der Waals surface area contributed by atoms with Crippen LogP contribution >= 0.6 is 7.82 Å². The van der Waals surface area contributed by atoms with Crippen LogP contribution in [0.25, 0.3) is 0 Å².